The van der Waals surface area contributed by atoms with Crippen molar-refractivity contribution < 1.29 is 4.52 Å². The highest BCUT2D eigenvalue weighted by atomic mass is 31.1. The summed E-state index contributed by atoms with van der Waals surface area (Å²) < 4.78 is 6.36. The topological polar surface area (TPSA) is 22.2 Å². The van der Waals surface area contributed by atoms with Crippen molar-refractivity contribution in [3.05, 3.63) is 0 Å². The first-order chi connectivity index (χ1) is 17.8. The number of likely N-dealkylation sites (N-methyl/N-ethyl adjacent to an activating group) is 1. The summed E-state index contributed by atoms with van der Waals surface area (Å²) in [5.41, 5.74) is 0.291. The second-order valence-electron chi connectivity index (χ2n) is 13.8. The van der Waals surface area contributed by atoms with Gasteiger partial charge in [-0.25, -0.2) is 0 Å². The van der Waals surface area contributed by atoms with E-state index in [1.807, 2.05) is 13.8 Å². The highest BCUT2D eigenvalue weighted by Crippen LogP contribution is 2.40. The summed E-state index contributed by atoms with van der Waals surface area (Å²) in [6, 6.07) is 0. The predicted molar refractivity (Wildman–Crippen MR) is 172 cm³/mol. The van der Waals surface area contributed by atoms with Gasteiger partial charge < -0.3 is 19.2 Å². The van der Waals surface area contributed by atoms with E-state index >= 15 is 0 Å². The summed E-state index contributed by atoms with van der Waals surface area (Å²) in [7, 11) is 1.97. The van der Waals surface area contributed by atoms with E-state index in [0.717, 1.165) is 24.4 Å². The van der Waals surface area contributed by atoms with E-state index < -0.39 is 0 Å². The van der Waals surface area contributed by atoms with Crippen LogP contribution in [0.25, 0.3) is 0 Å². The van der Waals surface area contributed by atoms with Gasteiger partial charge in [-0.15, -0.1) is 0 Å². The predicted octanol–water partition coefficient (Wildman–Crippen LogP) is 6.97. The summed E-state index contributed by atoms with van der Waals surface area (Å²) in [5, 5.41) is 0. The maximum atomic E-state index is 6.36. The second-order valence-corrected chi connectivity index (χ2v) is 15.9. The van der Waals surface area contributed by atoms with E-state index in [1.165, 1.54) is 84.7 Å². The average molecular weight is 557 g/mol. The van der Waals surface area contributed by atoms with Gasteiger partial charge in [0.1, 0.15) is 0 Å². The smallest absolute Gasteiger partial charge is 0.0671 e. The van der Waals surface area contributed by atoms with Crippen molar-refractivity contribution in [3.63, 3.8) is 0 Å². The van der Waals surface area contributed by atoms with Gasteiger partial charge >= 0.3 is 0 Å². The minimum absolute atomic E-state index is 0.00430. The molecule has 2 rings (SSSR count). The lowest BCUT2D eigenvalue weighted by Gasteiger charge is -2.45. The molecule has 0 aromatic rings. The molecule has 228 valence electrons. The molecule has 4 unspecified atom stereocenters. The molecule has 5 nitrogen and oxygen atoms in total. The van der Waals surface area contributed by atoms with E-state index in [1.54, 1.807) is 0 Å². The fourth-order valence-electron chi connectivity index (χ4n) is 6.51. The first kappa shape index (κ1) is 36.3. The van der Waals surface area contributed by atoms with E-state index in [0.29, 0.717) is 5.92 Å². The Morgan fingerprint density at radius 2 is 1.24 bits per heavy atom. The maximum absolute atomic E-state index is 6.36. The monoisotopic (exact) mass is 557 g/mol. The van der Waals surface area contributed by atoms with Crippen LogP contribution in [-0.2, 0) is 4.52 Å². The summed E-state index contributed by atoms with van der Waals surface area (Å²) in [5.74, 6) is 2.29. The molecule has 6 heteroatoms. The minimum Gasteiger partial charge on any atom is -0.354 e. The number of hydrogen-bond donors (Lipinski definition) is 0. The molecule has 38 heavy (non-hydrogen) atoms. The molecule has 0 bridgehead atoms. The quantitative estimate of drug-likeness (QED) is 0.203. The van der Waals surface area contributed by atoms with Gasteiger partial charge in [-0.3, -0.25) is 4.90 Å². The van der Waals surface area contributed by atoms with Crippen LogP contribution in [0, 0.1) is 17.8 Å². The summed E-state index contributed by atoms with van der Waals surface area (Å²) in [6.07, 6.45) is 6.23. The molecule has 0 aromatic carbocycles. The molecular formula is C32H69N4OP. The molecule has 0 aromatic heterocycles. The Kier molecular flexibility index (Phi) is 17.1. The van der Waals surface area contributed by atoms with Crippen LogP contribution in [-0.4, -0.2) is 116 Å². The first-order valence-corrected chi connectivity index (χ1v) is 18.0. The van der Waals surface area contributed by atoms with Crippen LogP contribution in [0.4, 0.5) is 0 Å². The molecule has 2 heterocycles. The largest absolute Gasteiger partial charge is 0.354 e. The van der Waals surface area contributed by atoms with Crippen LogP contribution in [0.15, 0.2) is 0 Å². The molecule has 2 aliphatic rings. The zero-order valence-electron chi connectivity index (χ0n) is 28.0. The third kappa shape index (κ3) is 14.2. The number of piperazine rings is 2. The lowest BCUT2D eigenvalue weighted by molar-refractivity contribution is 0.0340. The zero-order chi connectivity index (χ0) is 28.9. The van der Waals surface area contributed by atoms with Gasteiger partial charge in [-0.1, -0.05) is 41.5 Å². The number of hydrogen-bond acceptors (Lipinski definition) is 5. The van der Waals surface area contributed by atoms with Crippen molar-refractivity contribution in [2.75, 3.05) is 85.3 Å². The fourth-order valence-corrected chi connectivity index (χ4v) is 7.55. The van der Waals surface area contributed by atoms with Crippen LogP contribution >= 0.6 is 8.15 Å². The summed E-state index contributed by atoms with van der Waals surface area (Å²) in [4.78, 5) is 10.6. The molecule has 0 spiro atoms. The van der Waals surface area contributed by atoms with Crippen molar-refractivity contribution in [1.29, 1.82) is 0 Å². The maximum Gasteiger partial charge on any atom is 0.0671 e. The molecule has 2 saturated heterocycles. The van der Waals surface area contributed by atoms with Gasteiger partial charge in [0.05, 0.1) is 5.60 Å². The van der Waals surface area contributed by atoms with Gasteiger partial charge in [-0.2, -0.15) is 0 Å². The first-order valence-electron chi connectivity index (χ1n) is 16.1. The van der Waals surface area contributed by atoms with E-state index in [2.05, 4.69) is 88.7 Å². The highest BCUT2D eigenvalue weighted by molar-refractivity contribution is 7.51. The minimum atomic E-state index is -0.278. The van der Waals surface area contributed by atoms with Gasteiger partial charge in [0.25, 0.3) is 0 Å². The molecule has 2 aliphatic heterocycles. The fraction of sp³-hybridized carbons (Fsp3) is 1.00. The zero-order valence-corrected chi connectivity index (χ0v) is 28.9. The SMILES string of the molecule is CC.CCP(C)OC(C)(C)CC(C)CCC(C)(C)N1CCN(CC(C)CC(C)CN2CCN(C)CC2)CC1. The molecule has 0 radical (unpaired) electrons. The number of nitrogens with zero attached hydrogens (tertiary/aromatic N) is 4. The normalized spacial score (nSPS) is 22.4. The van der Waals surface area contributed by atoms with Gasteiger partial charge in [0, 0.05) is 79.1 Å². The Hall–Kier alpha value is 0.230. The lowest BCUT2D eigenvalue weighted by atomic mass is 9.86. The lowest BCUT2D eigenvalue weighted by Crippen LogP contribution is -2.55. The highest BCUT2D eigenvalue weighted by Gasteiger charge is 2.32. The van der Waals surface area contributed by atoms with E-state index in [-0.39, 0.29) is 19.3 Å². The molecule has 2 fully saturated rings. The molecule has 0 saturated carbocycles. The van der Waals surface area contributed by atoms with Crippen molar-refractivity contribution in [1.82, 2.24) is 19.6 Å². The van der Waals surface area contributed by atoms with Crippen LogP contribution in [0.5, 0.6) is 0 Å². The Bertz CT molecular complexity index is 600. The third-order valence-corrected chi connectivity index (χ3v) is 10.4. The summed E-state index contributed by atoms with van der Waals surface area (Å²) in [6.45, 7) is 37.8. The van der Waals surface area contributed by atoms with Gasteiger partial charge in [-0.05, 0) is 91.0 Å². The second kappa shape index (κ2) is 17.9. The number of rotatable bonds is 15. The van der Waals surface area contributed by atoms with E-state index in [9.17, 15) is 0 Å². The Balaban J connectivity index is 0.00000352. The average Bonchev–Trinajstić information content (AvgIpc) is 2.85. The standard InChI is InChI=1S/C30H63N4OP.C2H6/c1-11-36(10)35-30(7,8)23-26(2)12-13-29(5,6)34-20-18-33(19-21-34)25-28(4)22-27(3)24-32-16-14-31(9)15-17-32;1-2/h26-28H,11-25H2,1-10H3;1-2H3. The van der Waals surface area contributed by atoms with Crippen molar-refractivity contribution in [2.45, 2.75) is 106 Å². The van der Waals surface area contributed by atoms with Crippen molar-refractivity contribution in [3.8, 4) is 0 Å². The van der Waals surface area contributed by atoms with Gasteiger partial charge in [0.2, 0.25) is 0 Å². The van der Waals surface area contributed by atoms with Crippen LogP contribution in [0.1, 0.15) is 94.9 Å². The van der Waals surface area contributed by atoms with E-state index in [4.69, 9.17) is 4.52 Å². The van der Waals surface area contributed by atoms with Crippen molar-refractivity contribution >= 4 is 8.15 Å². The van der Waals surface area contributed by atoms with Gasteiger partial charge in [0.15, 0.2) is 0 Å². The van der Waals surface area contributed by atoms with Crippen LogP contribution < -0.4 is 0 Å². The Morgan fingerprint density at radius 3 is 1.71 bits per heavy atom. The summed E-state index contributed by atoms with van der Waals surface area (Å²) >= 11 is 0. The molecular weight excluding hydrogens is 487 g/mol. The third-order valence-electron chi connectivity index (χ3n) is 8.71. The molecule has 0 aliphatic carbocycles. The van der Waals surface area contributed by atoms with Crippen LogP contribution in [0.3, 0.4) is 0 Å². The van der Waals surface area contributed by atoms with Crippen LogP contribution in [0.2, 0.25) is 0 Å². The molecule has 0 amide bonds. The molecule has 0 N–H and O–H groups in total. The molecule has 4 atom stereocenters. The van der Waals surface area contributed by atoms with Crippen molar-refractivity contribution in [2.24, 2.45) is 17.8 Å². The Morgan fingerprint density at radius 1 is 0.763 bits per heavy atom. The Labute approximate surface area is 241 Å².